The van der Waals surface area contributed by atoms with Crippen molar-refractivity contribution in [2.24, 2.45) is 5.73 Å². The highest BCUT2D eigenvalue weighted by Gasteiger charge is 2.20. The Morgan fingerprint density at radius 2 is 2.20 bits per heavy atom. The average Bonchev–Trinajstić information content (AvgIpc) is 2.29. The van der Waals surface area contributed by atoms with E-state index in [9.17, 15) is 9.18 Å². The highest BCUT2D eigenvalue weighted by Crippen LogP contribution is 2.18. The maximum absolute atomic E-state index is 12.9. The van der Waals surface area contributed by atoms with E-state index in [1.807, 2.05) is 13.8 Å². The van der Waals surface area contributed by atoms with Crippen LogP contribution in [0.2, 0.25) is 5.02 Å². The number of nitrogens with one attached hydrogen (secondary N) is 1. The predicted molar refractivity (Wildman–Crippen MR) is 77.1 cm³/mol. The van der Waals surface area contributed by atoms with Gasteiger partial charge in [-0.05, 0) is 50.9 Å². The van der Waals surface area contributed by atoms with Crippen molar-refractivity contribution in [3.8, 4) is 0 Å². The van der Waals surface area contributed by atoms with Crippen LogP contribution in [0.5, 0.6) is 0 Å². The molecule has 112 valence electrons. The van der Waals surface area contributed by atoms with E-state index >= 15 is 0 Å². The van der Waals surface area contributed by atoms with Gasteiger partial charge in [-0.2, -0.15) is 0 Å². The first-order valence-corrected chi connectivity index (χ1v) is 6.81. The SMILES string of the molecule is CC(C)(CCCNCc1ccc(F)cc1Cl)OC(N)=O. The minimum atomic E-state index is -0.763. The lowest BCUT2D eigenvalue weighted by Gasteiger charge is -2.23. The van der Waals surface area contributed by atoms with Crippen molar-refractivity contribution >= 4 is 17.7 Å². The van der Waals surface area contributed by atoms with Crippen LogP contribution in [-0.2, 0) is 11.3 Å². The van der Waals surface area contributed by atoms with Gasteiger partial charge in [0.1, 0.15) is 11.4 Å². The summed E-state index contributed by atoms with van der Waals surface area (Å²) in [5.41, 5.74) is 5.27. The number of hydrogen-bond acceptors (Lipinski definition) is 3. The van der Waals surface area contributed by atoms with Crippen LogP contribution in [0.1, 0.15) is 32.3 Å². The highest BCUT2D eigenvalue weighted by atomic mass is 35.5. The van der Waals surface area contributed by atoms with Crippen molar-refractivity contribution in [1.29, 1.82) is 0 Å². The van der Waals surface area contributed by atoms with Crippen molar-refractivity contribution in [2.45, 2.75) is 38.8 Å². The fourth-order valence-corrected chi connectivity index (χ4v) is 2.08. The van der Waals surface area contributed by atoms with Crippen LogP contribution in [0.3, 0.4) is 0 Å². The third-order valence-electron chi connectivity index (χ3n) is 2.84. The number of nitrogens with two attached hydrogens (primary N) is 1. The molecule has 0 heterocycles. The lowest BCUT2D eigenvalue weighted by molar-refractivity contribution is 0.0377. The van der Waals surface area contributed by atoms with Gasteiger partial charge in [0.05, 0.1) is 0 Å². The molecule has 4 nitrogen and oxygen atoms in total. The predicted octanol–water partition coefficient (Wildman–Crippen LogP) is 3.22. The molecule has 0 saturated heterocycles. The third-order valence-corrected chi connectivity index (χ3v) is 3.19. The Balaban J connectivity index is 2.27. The summed E-state index contributed by atoms with van der Waals surface area (Å²) in [5.74, 6) is -0.343. The Bertz CT molecular complexity index is 466. The molecule has 0 aromatic heterocycles. The van der Waals surface area contributed by atoms with E-state index in [2.05, 4.69) is 5.32 Å². The number of amides is 1. The Kier molecular flexibility index (Phi) is 6.23. The van der Waals surface area contributed by atoms with Gasteiger partial charge in [0.25, 0.3) is 0 Å². The molecule has 0 aliphatic rings. The van der Waals surface area contributed by atoms with Gasteiger partial charge in [0, 0.05) is 11.6 Å². The molecule has 1 amide bonds. The van der Waals surface area contributed by atoms with Crippen LogP contribution in [0.4, 0.5) is 9.18 Å². The molecular formula is C14H20ClFN2O2. The first-order chi connectivity index (χ1) is 9.30. The Morgan fingerprint density at radius 3 is 2.80 bits per heavy atom. The molecule has 0 spiro atoms. The molecule has 1 aromatic carbocycles. The van der Waals surface area contributed by atoms with Crippen LogP contribution in [0.15, 0.2) is 18.2 Å². The topological polar surface area (TPSA) is 64.3 Å². The van der Waals surface area contributed by atoms with E-state index in [0.717, 1.165) is 18.5 Å². The zero-order valence-electron chi connectivity index (χ0n) is 11.7. The number of halogens is 2. The van der Waals surface area contributed by atoms with E-state index in [0.29, 0.717) is 18.0 Å². The van der Waals surface area contributed by atoms with Gasteiger partial charge in [0.15, 0.2) is 0 Å². The molecule has 0 fully saturated rings. The third kappa shape index (κ3) is 6.21. The lowest BCUT2D eigenvalue weighted by Crippen LogP contribution is -2.32. The quantitative estimate of drug-likeness (QED) is 0.760. The summed E-state index contributed by atoms with van der Waals surface area (Å²) in [7, 11) is 0. The molecule has 6 heteroatoms. The summed E-state index contributed by atoms with van der Waals surface area (Å²) < 4.78 is 17.9. The first kappa shape index (κ1) is 16.7. The van der Waals surface area contributed by atoms with Crippen LogP contribution in [0, 0.1) is 5.82 Å². The maximum Gasteiger partial charge on any atom is 0.405 e. The Morgan fingerprint density at radius 1 is 1.50 bits per heavy atom. The van der Waals surface area contributed by atoms with E-state index < -0.39 is 11.7 Å². The molecule has 0 atom stereocenters. The zero-order chi connectivity index (χ0) is 15.2. The maximum atomic E-state index is 12.9. The van der Waals surface area contributed by atoms with E-state index in [1.165, 1.54) is 12.1 Å². The van der Waals surface area contributed by atoms with Gasteiger partial charge in [-0.3, -0.25) is 0 Å². The zero-order valence-corrected chi connectivity index (χ0v) is 12.5. The van der Waals surface area contributed by atoms with Crippen LogP contribution in [-0.4, -0.2) is 18.2 Å². The van der Waals surface area contributed by atoms with Crippen molar-refractivity contribution in [3.63, 3.8) is 0 Å². The number of rotatable bonds is 7. The fraction of sp³-hybridized carbons (Fsp3) is 0.500. The second kappa shape index (κ2) is 7.45. The van der Waals surface area contributed by atoms with Crippen LogP contribution < -0.4 is 11.1 Å². The van der Waals surface area contributed by atoms with Crippen molar-refractivity contribution in [3.05, 3.63) is 34.6 Å². The number of benzene rings is 1. The molecule has 0 radical (unpaired) electrons. The Labute approximate surface area is 123 Å². The second-order valence-corrected chi connectivity index (χ2v) is 5.60. The summed E-state index contributed by atoms with van der Waals surface area (Å²) >= 11 is 5.92. The molecule has 3 N–H and O–H groups in total. The number of carbonyl (C=O) groups excluding carboxylic acids is 1. The minimum absolute atomic E-state index is 0.343. The molecule has 1 rings (SSSR count). The highest BCUT2D eigenvalue weighted by molar-refractivity contribution is 6.31. The van der Waals surface area contributed by atoms with Crippen LogP contribution >= 0.6 is 11.6 Å². The van der Waals surface area contributed by atoms with Gasteiger partial charge in [-0.25, -0.2) is 9.18 Å². The molecular weight excluding hydrogens is 283 g/mol. The summed E-state index contributed by atoms with van der Waals surface area (Å²) in [6, 6.07) is 4.33. The minimum Gasteiger partial charge on any atom is -0.444 e. The van der Waals surface area contributed by atoms with Gasteiger partial charge in [-0.15, -0.1) is 0 Å². The van der Waals surface area contributed by atoms with Crippen molar-refractivity contribution in [1.82, 2.24) is 5.32 Å². The molecule has 20 heavy (non-hydrogen) atoms. The fourth-order valence-electron chi connectivity index (χ4n) is 1.85. The summed E-state index contributed by atoms with van der Waals surface area (Å²) in [4.78, 5) is 10.7. The molecule has 0 unspecified atom stereocenters. The van der Waals surface area contributed by atoms with Gasteiger partial charge in [0.2, 0.25) is 0 Å². The second-order valence-electron chi connectivity index (χ2n) is 5.20. The molecule has 0 aliphatic carbocycles. The van der Waals surface area contributed by atoms with E-state index in [1.54, 1.807) is 6.07 Å². The van der Waals surface area contributed by atoms with E-state index in [-0.39, 0.29) is 5.82 Å². The normalized spacial score (nSPS) is 11.4. The number of carbonyl (C=O) groups is 1. The molecule has 0 saturated carbocycles. The van der Waals surface area contributed by atoms with Crippen molar-refractivity contribution in [2.75, 3.05) is 6.54 Å². The lowest BCUT2D eigenvalue weighted by atomic mass is 10.0. The summed E-state index contributed by atoms with van der Waals surface area (Å²) in [6.45, 7) is 4.93. The smallest absolute Gasteiger partial charge is 0.405 e. The van der Waals surface area contributed by atoms with E-state index in [4.69, 9.17) is 22.1 Å². The number of hydrogen-bond donors (Lipinski definition) is 2. The summed E-state index contributed by atoms with van der Waals surface area (Å²) in [6.07, 6.45) is 0.750. The largest absolute Gasteiger partial charge is 0.444 e. The van der Waals surface area contributed by atoms with Crippen molar-refractivity contribution < 1.29 is 13.9 Å². The molecule has 0 bridgehead atoms. The molecule has 1 aromatic rings. The van der Waals surface area contributed by atoms with Gasteiger partial charge in [-0.1, -0.05) is 17.7 Å². The summed E-state index contributed by atoms with van der Waals surface area (Å²) in [5, 5.41) is 3.62. The molecule has 0 aliphatic heterocycles. The van der Waals surface area contributed by atoms with Crippen LogP contribution in [0.25, 0.3) is 0 Å². The standard InChI is InChI=1S/C14H20ClFN2O2/c1-14(2,20-13(17)19)6-3-7-18-9-10-4-5-11(16)8-12(10)15/h4-5,8,18H,3,6-7,9H2,1-2H3,(H2,17,19). The number of primary amides is 1. The monoisotopic (exact) mass is 302 g/mol. The average molecular weight is 303 g/mol. The number of ether oxygens (including phenoxy) is 1. The Hall–Kier alpha value is -1.33. The van der Waals surface area contributed by atoms with Gasteiger partial charge < -0.3 is 15.8 Å². The first-order valence-electron chi connectivity index (χ1n) is 6.43. The van der Waals surface area contributed by atoms with Gasteiger partial charge >= 0.3 is 6.09 Å².